The zero-order valence-electron chi connectivity index (χ0n) is 9.50. The molecule has 1 heterocycles. The van der Waals surface area contributed by atoms with Gasteiger partial charge in [-0.05, 0) is 30.3 Å². The molecule has 1 aromatic carbocycles. The van der Waals surface area contributed by atoms with Crippen molar-refractivity contribution in [3.8, 4) is 0 Å². The van der Waals surface area contributed by atoms with Crippen LogP contribution >= 0.6 is 11.6 Å². The van der Waals surface area contributed by atoms with Gasteiger partial charge in [-0.25, -0.2) is 4.98 Å². The van der Waals surface area contributed by atoms with Gasteiger partial charge < -0.3 is 11.1 Å². The third kappa shape index (κ3) is 3.29. The number of nitrogens with one attached hydrogen (secondary N) is 1. The van der Waals surface area contributed by atoms with Crippen LogP contribution in [0.1, 0.15) is 5.56 Å². The highest BCUT2D eigenvalue weighted by Gasteiger charge is 2.33. The molecule has 100 valence electrons. The lowest BCUT2D eigenvalue weighted by Crippen LogP contribution is -2.06. The number of anilines is 3. The monoisotopic (exact) mass is 287 g/mol. The number of aromatic nitrogens is 1. The van der Waals surface area contributed by atoms with E-state index in [2.05, 4.69) is 10.3 Å². The Labute approximate surface area is 112 Å². The summed E-state index contributed by atoms with van der Waals surface area (Å²) >= 11 is 5.53. The molecule has 0 aliphatic rings. The molecular formula is C12H9ClF3N3. The number of benzene rings is 1. The van der Waals surface area contributed by atoms with E-state index in [4.69, 9.17) is 17.3 Å². The fraction of sp³-hybridized carbons (Fsp3) is 0.0833. The minimum absolute atomic E-state index is 0.267. The Morgan fingerprint density at radius 2 is 1.79 bits per heavy atom. The number of nitrogens with two attached hydrogens (primary N) is 1. The van der Waals surface area contributed by atoms with Crippen molar-refractivity contribution in [1.82, 2.24) is 4.98 Å². The topological polar surface area (TPSA) is 50.9 Å². The molecule has 1 aromatic heterocycles. The molecule has 2 aromatic rings. The fourth-order valence-electron chi connectivity index (χ4n) is 1.47. The lowest BCUT2D eigenvalue weighted by Gasteiger charge is -2.12. The van der Waals surface area contributed by atoms with Gasteiger partial charge in [0.2, 0.25) is 0 Å². The molecule has 0 unspecified atom stereocenters. The van der Waals surface area contributed by atoms with E-state index < -0.39 is 11.7 Å². The summed E-state index contributed by atoms with van der Waals surface area (Å²) in [5, 5.41) is 2.45. The normalized spacial score (nSPS) is 11.4. The van der Waals surface area contributed by atoms with E-state index in [-0.39, 0.29) is 10.7 Å². The van der Waals surface area contributed by atoms with Crippen molar-refractivity contribution >= 4 is 28.8 Å². The molecule has 3 N–H and O–H groups in total. The highest BCUT2D eigenvalue weighted by molar-refractivity contribution is 6.31. The molecule has 0 bridgehead atoms. The summed E-state index contributed by atoms with van der Waals surface area (Å²) in [6, 6.07) is 6.75. The summed E-state index contributed by atoms with van der Waals surface area (Å²) in [5.41, 5.74) is 5.33. The molecule has 19 heavy (non-hydrogen) atoms. The number of hydrogen-bond acceptors (Lipinski definition) is 3. The SMILES string of the molecule is Nc1ccc(Nc2ccc(Cl)c(C(F)(F)F)c2)cn1. The number of rotatable bonds is 2. The zero-order valence-corrected chi connectivity index (χ0v) is 10.3. The quantitative estimate of drug-likeness (QED) is 0.875. The smallest absolute Gasteiger partial charge is 0.384 e. The van der Waals surface area contributed by atoms with Gasteiger partial charge in [-0.2, -0.15) is 13.2 Å². The Balaban J connectivity index is 2.29. The number of halogens is 4. The average molecular weight is 288 g/mol. The van der Waals surface area contributed by atoms with Gasteiger partial charge in [0, 0.05) is 5.69 Å². The van der Waals surface area contributed by atoms with Gasteiger partial charge in [-0.3, -0.25) is 0 Å². The summed E-state index contributed by atoms with van der Waals surface area (Å²) < 4.78 is 38.0. The van der Waals surface area contributed by atoms with Gasteiger partial charge >= 0.3 is 6.18 Å². The second-order valence-corrected chi connectivity index (χ2v) is 4.20. The predicted octanol–water partition coefficient (Wildman–Crippen LogP) is 4.08. The van der Waals surface area contributed by atoms with E-state index in [0.717, 1.165) is 6.07 Å². The van der Waals surface area contributed by atoms with E-state index in [1.54, 1.807) is 12.1 Å². The Morgan fingerprint density at radius 3 is 2.37 bits per heavy atom. The van der Waals surface area contributed by atoms with Crippen molar-refractivity contribution < 1.29 is 13.2 Å². The van der Waals surface area contributed by atoms with Crippen LogP contribution in [0.5, 0.6) is 0 Å². The molecule has 0 radical (unpaired) electrons. The minimum atomic E-state index is -4.49. The van der Waals surface area contributed by atoms with E-state index in [1.807, 2.05) is 0 Å². The van der Waals surface area contributed by atoms with Crippen LogP contribution in [0.3, 0.4) is 0 Å². The Kier molecular flexibility index (Phi) is 3.53. The van der Waals surface area contributed by atoms with Crippen LogP contribution < -0.4 is 11.1 Å². The highest BCUT2D eigenvalue weighted by Crippen LogP contribution is 2.36. The van der Waals surface area contributed by atoms with Gasteiger partial charge in [-0.1, -0.05) is 11.6 Å². The van der Waals surface area contributed by atoms with E-state index >= 15 is 0 Å². The van der Waals surface area contributed by atoms with Crippen LogP contribution in [0.2, 0.25) is 5.02 Å². The number of nitrogens with zero attached hydrogens (tertiary/aromatic N) is 1. The molecule has 0 fully saturated rings. The number of pyridine rings is 1. The minimum Gasteiger partial charge on any atom is -0.384 e. The van der Waals surface area contributed by atoms with E-state index in [0.29, 0.717) is 11.5 Å². The fourth-order valence-corrected chi connectivity index (χ4v) is 1.69. The number of nitrogen functional groups attached to an aromatic ring is 1. The first kappa shape index (κ1) is 13.5. The summed E-state index contributed by atoms with van der Waals surface area (Å²) in [6.07, 6.45) is -3.06. The van der Waals surface area contributed by atoms with E-state index in [9.17, 15) is 13.2 Å². The van der Waals surface area contributed by atoms with Crippen LogP contribution in [0.25, 0.3) is 0 Å². The molecule has 0 aliphatic heterocycles. The standard InChI is InChI=1S/C12H9ClF3N3/c13-10-3-1-7(5-9(10)12(14,15)16)19-8-2-4-11(17)18-6-8/h1-6,19H,(H2,17,18). The molecule has 7 heteroatoms. The van der Waals surface area contributed by atoms with Crippen molar-refractivity contribution in [2.45, 2.75) is 6.18 Å². The van der Waals surface area contributed by atoms with Gasteiger partial charge in [0.25, 0.3) is 0 Å². The maximum Gasteiger partial charge on any atom is 0.417 e. The Bertz CT molecular complexity index is 582. The zero-order chi connectivity index (χ0) is 14.0. The molecule has 2 rings (SSSR count). The molecule has 0 saturated carbocycles. The summed E-state index contributed by atoms with van der Waals surface area (Å²) in [6.45, 7) is 0. The number of hydrogen-bond donors (Lipinski definition) is 2. The van der Waals surface area contributed by atoms with Crippen molar-refractivity contribution in [3.63, 3.8) is 0 Å². The van der Waals surface area contributed by atoms with Crippen molar-refractivity contribution in [2.24, 2.45) is 0 Å². The average Bonchev–Trinajstić information content (AvgIpc) is 2.33. The molecular weight excluding hydrogens is 279 g/mol. The van der Waals surface area contributed by atoms with Gasteiger partial charge in [0.15, 0.2) is 0 Å². The molecule has 0 atom stereocenters. The molecule has 0 aliphatic carbocycles. The molecule has 3 nitrogen and oxygen atoms in total. The van der Waals surface area contributed by atoms with Crippen molar-refractivity contribution in [2.75, 3.05) is 11.1 Å². The lowest BCUT2D eigenvalue weighted by molar-refractivity contribution is -0.137. The van der Waals surface area contributed by atoms with Crippen LogP contribution in [0, 0.1) is 0 Å². The first-order valence-corrected chi connectivity index (χ1v) is 5.59. The molecule has 0 amide bonds. The highest BCUT2D eigenvalue weighted by atomic mass is 35.5. The summed E-state index contributed by atoms with van der Waals surface area (Å²) in [5.74, 6) is 0.331. The maximum absolute atomic E-state index is 12.7. The first-order chi connectivity index (χ1) is 8.86. The first-order valence-electron chi connectivity index (χ1n) is 5.21. The van der Waals surface area contributed by atoms with E-state index in [1.165, 1.54) is 18.3 Å². The third-order valence-electron chi connectivity index (χ3n) is 2.35. The van der Waals surface area contributed by atoms with Gasteiger partial charge in [0.1, 0.15) is 5.82 Å². The van der Waals surface area contributed by atoms with Gasteiger partial charge in [0.05, 0.1) is 22.5 Å². The second kappa shape index (κ2) is 4.97. The maximum atomic E-state index is 12.7. The second-order valence-electron chi connectivity index (χ2n) is 3.79. The summed E-state index contributed by atoms with van der Waals surface area (Å²) in [4.78, 5) is 3.83. The van der Waals surface area contributed by atoms with Crippen molar-refractivity contribution in [1.29, 1.82) is 0 Å². The molecule has 0 saturated heterocycles. The van der Waals surface area contributed by atoms with Crippen LogP contribution in [-0.2, 0) is 6.18 Å². The van der Waals surface area contributed by atoms with Gasteiger partial charge in [-0.15, -0.1) is 0 Å². The largest absolute Gasteiger partial charge is 0.417 e. The van der Waals surface area contributed by atoms with Crippen molar-refractivity contribution in [3.05, 3.63) is 47.1 Å². The van der Waals surface area contributed by atoms with Crippen LogP contribution in [-0.4, -0.2) is 4.98 Å². The van der Waals surface area contributed by atoms with Crippen LogP contribution in [0.15, 0.2) is 36.5 Å². The van der Waals surface area contributed by atoms with Crippen LogP contribution in [0.4, 0.5) is 30.4 Å². The predicted molar refractivity (Wildman–Crippen MR) is 68.4 cm³/mol. The summed E-state index contributed by atoms with van der Waals surface area (Å²) in [7, 11) is 0. The molecule has 0 spiro atoms. The number of alkyl halides is 3. The lowest BCUT2D eigenvalue weighted by atomic mass is 10.2. The Morgan fingerprint density at radius 1 is 1.11 bits per heavy atom. The Hall–Kier alpha value is -1.95. The third-order valence-corrected chi connectivity index (χ3v) is 2.68.